The third-order valence-electron chi connectivity index (χ3n) is 4.80. The van der Waals surface area contributed by atoms with Crippen LogP contribution in [0.4, 0.5) is 0 Å². The van der Waals surface area contributed by atoms with Crippen LogP contribution in [0.2, 0.25) is 0 Å². The van der Waals surface area contributed by atoms with Crippen LogP contribution < -0.4 is 10.1 Å². The molecule has 1 fully saturated rings. The third kappa shape index (κ3) is 4.06. The molecule has 1 aliphatic heterocycles. The van der Waals surface area contributed by atoms with E-state index in [9.17, 15) is 4.79 Å². The largest absolute Gasteiger partial charge is 0.492 e. The molecule has 1 aromatic heterocycles. The molecule has 1 N–H and O–H groups in total. The van der Waals surface area contributed by atoms with Gasteiger partial charge in [-0.1, -0.05) is 34.1 Å². The summed E-state index contributed by atoms with van der Waals surface area (Å²) >= 11 is 8.81. The second-order valence-corrected chi connectivity index (χ2v) is 7.94. The maximum Gasteiger partial charge on any atom is 0.276 e. The van der Waals surface area contributed by atoms with Crippen LogP contribution in [0, 0.1) is 0 Å². The molecule has 4 rings (SSSR count). The molecular formula is C22H20BrN3O2S. The van der Waals surface area contributed by atoms with Crippen LogP contribution >= 0.6 is 28.1 Å². The number of nitrogens with one attached hydrogen (secondary N) is 1. The summed E-state index contributed by atoms with van der Waals surface area (Å²) in [7, 11) is 0. The van der Waals surface area contributed by atoms with Crippen LogP contribution in [-0.2, 0) is 11.3 Å². The summed E-state index contributed by atoms with van der Waals surface area (Å²) in [6, 6.07) is 15.9. The SMILES string of the molecule is CCN1C(=O)C(=Cc2cn(CCOc3ccccc3)c3ccc(Br)cc23)NC1=S. The lowest BCUT2D eigenvalue weighted by Gasteiger charge is -2.08. The van der Waals surface area contributed by atoms with E-state index in [0.29, 0.717) is 30.5 Å². The fourth-order valence-corrected chi connectivity index (χ4v) is 4.07. The van der Waals surface area contributed by atoms with Gasteiger partial charge in [0, 0.05) is 33.7 Å². The average Bonchev–Trinajstić information content (AvgIpc) is 3.19. The van der Waals surface area contributed by atoms with E-state index in [4.69, 9.17) is 17.0 Å². The normalized spacial score (nSPS) is 15.4. The van der Waals surface area contributed by atoms with Crippen molar-refractivity contribution in [1.82, 2.24) is 14.8 Å². The summed E-state index contributed by atoms with van der Waals surface area (Å²) in [5.41, 5.74) is 2.53. The van der Waals surface area contributed by atoms with Gasteiger partial charge in [-0.15, -0.1) is 0 Å². The second-order valence-electron chi connectivity index (χ2n) is 6.64. The molecule has 0 saturated carbocycles. The monoisotopic (exact) mass is 469 g/mol. The Kier molecular flexibility index (Phi) is 5.69. The summed E-state index contributed by atoms with van der Waals surface area (Å²) < 4.78 is 8.98. The summed E-state index contributed by atoms with van der Waals surface area (Å²) in [6.07, 6.45) is 3.92. The van der Waals surface area contributed by atoms with E-state index in [1.807, 2.05) is 55.6 Å². The zero-order valence-electron chi connectivity index (χ0n) is 15.9. The summed E-state index contributed by atoms with van der Waals surface area (Å²) in [4.78, 5) is 14.1. The Balaban J connectivity index is 1.63. The van der Waals surface area contributed by atoms with Crippen LogP contribution in [0.1, 0.15) is 12.5 Å². The zero-order chi connectivity index (χ0) is 20.4. The van der Waals surface area contributed by atoms with Crippen molar-refractivity contribution in [2.24, 2.45) is 0 Å². The maximum absolute atomic E-state index is 12.6. The standard InChI is InChI=1S/C22H20BrN3O2S/c1-2-26-21(27)19(24-22(26)29)12-15-14-25(20-9-8-16(23)13-18(15)20)10-11-28-17-6-4-3-5-7-17/h3-9,12-14H,2,10-11H2,1H3,(H,24,29). The lowest BCUT2D eigenvalue weighted by Crippen LogP contribution is -2.30. The fraction of sp³-hybridized carbons (Fsp3) is 0.182. The number of carbonyl (C=O) groups is 1. The molecule has 0 atom stereocenters. The molecule has 7 heteroatoms. The number of carbonyl (C=O) groups excluding carboxylic acids is 1. The highest BCUT2D eigenvalue weighted by molar-refractivity contribution is 9.10. The van der Waals surface area contributed by atoms with Crippen molar-refractivity contribution >= 4 is 56.1 Å². The highest BCUT2D eigenvalue weighted by Crippen LogP contribution is 2.28. The van der Waals surface area contributed by atoms with Crippen molar-refractivity contribution in [3.8, 4) is 5.75 Å². The Hall–Kier alpha value is -2.64. The van der Waals surface area contributed by atoms with Gasteiger partial charge in [-0.25, -0.2) is 0 Å². The quantitative estimate of drug-likeness (QED) is 0.424. The van der Waals surface area contributed by atoms with E-state index in [1.165, 1.54) is 0 Å². The molecule has 0 spiro atoms. The van der Waals surface area contributed by atoms with Crippen LogP contribution in [0.25, 0.3) is 17.0 Å². The molecule has 1 amide bonds. The number of thiocarbonyl (C=S) groups is 1. The van der Waals surface area contributed by atoms with Gasteiger partial charge in [0.05, 0.1) is 6.54 Å². The highest BCUT2D eigenvalue weighted by Gasteiger charge is 2.29. The molecule has 2 heterocycles. The molecular weight excluding hydrogens is 450 g/mol. The number of nitrogens with zero attached hydrogens (tertiary/aromatic N) is 2. The van der Waals surface area contributed by atoms with Gasteiger partial charge >= 0.3 is 0 Å². The molecule has 29 heavy (non-hydrogen) atoms. The van der Waals surface area contributed by atoms with Gasteiger partial charge in [-0.3, -0.25) is 9.69 Å². The van der Waals surface area contributed by atoms with E-state index in [-0.39, 0.29) is 5.91 Å². The zero-order valence-corrected chi connectivity index (χ0v) is 18.3. The second kappa shape index (κ2) is 8.39. The first-order chi connectivity index (χ1) is 14.1. The molecule has 0 radical (unpaired) electrons. The van der Waals surface area contributed by atoms with E-state index in [2.05, 4.69) is 37.9 Å². The minimum absolute atomic E-state index is 0.0965. The number of rotatable bonds is 6. The predicted octanol–water partition coefficient (Wildman–Crippen LogP) is 4.56. The first-order valence-corrected chi connectivity index (χ1v) is 10.6. The Labute approximate surface area is 183 Å². The van der Waals surface area contributed by atoms with Crippen molar-refractivity contribution < 1.29 is 9.53 Å². The van der Waals surface area contributed by atoms with Gasteiger partial charge in [-0.05, 0) is 55.5 Å². The smallest absolute Gasteiger partial charge is 0.276 e. The van der Waals surface area contributed by atoms with Gasteiger partial charge in [0.2, 0.25) is 0 Å². The molecule has 5 nitrogen and oxygen atoms in total. The van der Waals surface area contributed by atoms with E-state index in [1.54, 1.807) is 4.90 Å². The molecule has 0 bridgehead atoms. The van der Waals surface area contributed by atoms with Crippen molar-refractivity contribution in [2.45, 2.75) is 13.5 Å². The molecule has 0 aliphatic carbocycles. The number of amides is 1. The Morgan fingerprint density at radius 3 is 2.72 bits per heavy atom. The van der Waals surface area contributed by atoms with Crippen molar-refractivity contribution in [3.05, 3.63) is 70.5 Å². The average molecular weight is 470 g/mol. The fourth-order valence-electron chi connectivity index (χ4n) is 3.39. The third-order valence-corrected chi connectivity index (χ3v) is 5.61. The Morgan fingerprint density at radius 1 is 1.21 bits per heavy atom. The minimum Gasteiger partial charge on any atom is -0.492 e. The molecule has 3 aromatic rings. The predicted molar refractivity (Wildman–Crippen MR) is 123 cm³/mol. The number of likely N-dealkylation sites (N-methyl/N-ethyl adjacent to an activating group) is 1. The maximum atomic E-state index is 12.6. The molecule has 148 valence electrons. The van der Waals surface area contributed by atoms with Gasteiger partial charge in [-0.2, -0.15) is 0 Å². The van der Waals surface area contributed by atoms with Gasteiger partial charge in [0.15, 0.2) is 5.11 Å². The Morgan fingerprint density at radius 2 is 2.00 bits per heavy atom. The lowest BCUT2D eigenvalue weighted by molar-refractivity contribution is -0.122. The van der Waals surface area contributed by atoms with E-state index < -0.39 is 0 Å². The molecule has 2 aromatic carbocycles. The van der Waals surface area contributed by atoms with Crippen molar-refractivity contribution in [2.75, 3.05) is 13.2 Å². The number of halogens is 1. The molecule has 0 unspecified atom stereocenters. The van der Waals surface area contributed by atoms with Crippen LogP contribution in [0.15, 0.2) is 64.9 Å². The number of benzene rings is 2. The summed E-state index contributed by atoms with van der Waals surface area (Å²) in [5.74, 6) is 0.753. The number of ether oxygens (including phenoxy) is 1. The summed E-state index contributed by atoms with van der Waals surface area (Å²) in [6.45, 7) is 3.69. The number of fused-ring (bicyclic) bond motifs is 1. The van der Waals surface area contributed by atoms with Gasteiger partial charge < -0.3 is 14.6 Å². The van der Waals surface area contributed by atoms with Crippen LogP contribution in [0.3, 0.4) is 0 Å². The van der Waals surface area contributed by atoms with Crippen LogP contribution in [0.5, 0.6) is 5.75 Å². The van der Waals surface area contributed by atoms with E-state index in [0.717, 1.165) is 26.7 Å². The van der Waals surface area contributed by atoms with E-state index >= 15 is 0 Å². The number of aromatic nitrogens is 1. The first-order valence-electron chi connectivity index (χ1n) is 9.37. The van der Waals surface area contributed by atoms with Crippen molar-refractivity contribution in [3.63, 3.8) is 0 Å². The van der Waals surface area contributed by atoms with Crippen LogP contribution in [-0.4, -0.2) is 33.6 Å². The Bertz CT molecular complexity index is 1110. The lowest BCUT2D eigenvalue weighted by atomic mass is 10.1. The minimum atomic E-state index is -0.0965. The van der Waals surface area contributed by atoms with Gasteiger partial charge in [0.25, 0.3) is 5.91 Å². The molecule has 1 aliphatic rings. The molecule has 1 saturated heterocycles. The summed E-state index contributed by atoms with van der Waals surface area (Å²) in [5, 5.41) is 4.54. The van der Waals surface area contributed by atoms with Gasteiger partial charge in [0.1, 0.15) is 18.1 Å². The number of hydrogen-bond donors (Lipinski definition) is 1. The number of para-hydroxylation sites is 1. The highest BCUT2D eigenvalue weighted by atomic mass is 79.9. The number of hydrogen-bond acceptors (Lipinski definition) is 3. The topological polar surface area (TPSA) is 46.5 Å². The van der Waals surface area contributed by atoms with Crippen molar-refractivity contribution in [1.29, 1.82) is 0 Å². The first kappa shape index (κ1) is 19.7.